The molecule has 2 atom stereocenters. The van der Waals surface area contributed by atoms with Gasteiger partial charge in [0.2, 0.25) is 11.8 Å². The second kappa shape index (κ2) is 11.7. The first-order valence-corrected chi connectivity index (χ1v) is 14.4. The number of benzene rings is 2. The highest BCUT2D eigenvalue weighted by atomic mass is 32.1. The average Bonchev–Trinajstić information content (AvgIpc) is 3.28. The predicted molar refractivity (Wildman–Crippen MR) is 152 cm³/mol. The number of ether oxygens (including phenoxy) is 1. The largest absolute Gasteiger partial charge is 0.497 e. The Kier molecular flexibility index (Phi) is 8.15. The maximum atomic E-state index is 13.9. The zero-order chi connectivity index (χ0) is 26.6. The third-order valence-corrected chi connectivity index (χ3v) is 9.01. The van der Waals surface area contributed by atoms with Gasteiger partial charge < -0.3 is 14.5 Å². The number of rotatable bonds is 6. The van der Waals surface area contributed by atoms with Crippen LogP contribution < -0.4 is 4.74 Å². The zero-order valence-electron chi connectivity index (χ0n) is 22.6. The molecule has 0 saturated carbocycles. The van der Waals surface area contributed by atoms with Crippen molar-refractivity contribution in [3.8, 4) is 5.75 Å². The maximum Gasteiger partial charge on any atom is 0.239 e. The molecule has 3 heterocycles. The number of carbonyl (C=O) groups is 2. The summed E-state index contributed by atoms with van der Waals surface area (Å²) in [6.45, 7) is 7.59. The van der Waals surface area contributed by atoms with E-state index in [0.717, 1.165) is 30.7 Å². The second-order valence-corrected chi connectivity index (χ2v) is 11.3. The van der Waals surface area contributed by atoms with Crippen molar-refractivity contribution >= 4 is 23.2 Å². The van der Waals surface area contributed by atoms with Gasteiger partial charge in [-0.05, 0) is 72.5 Å². The first kappa shape index (κ1) is 26.4. The minimum atomic E-state index is -0.241. The molecule has 7 heteroatoms. The number of aryl methyl sites for hydroxylation is 1. The molecule has 0 bridgehead atoms. The van der Waals surface area contributed by atoms with Gasteiger partial charge in [0.1, 0.15) is 5.75 Å². The van der Waals surface area contributed by atoms with Gasteiger partial charge in [0, 0.05) is 37.6 Å². The first-order chi connectivity index (χ1) is 18.5. The highest BCUT2D eigenvalue weighted by Gasteiger charge is 2.37. The molecule has 0 N–H and O–H groups in total. The quantitative estimate of drug-likeness (QED) is 0.463. The van der Waals surface area contributed by atoms with Crippen LogP contribution in [0.5, 0.6) is 5.75 Å². The van der Waals surface area contributed by atoms with Crippen LogP contribution in [0.2, 0.25) is 0 Å². The van der Waals surface area contributed by atoms with Crippen molar-refractivity contribution in [1.82, 2.24) is 14.7 Å². The van der Waals surface area contributed by atoms with Crippen LogP contribution in [0.4, 0.5) is 0 Å². The number of methoxy groups -OCH3 is 1. The molecule has 0 unspecified atom stereocenters. The van der Waals surface area contributed by atoms with Crippen LogP contribution in [0.15, 0.2) is 60.0 Å². The van der Waals surface area contributed by atoms with Gasteiger partial charge >= 0.3 is 0 Å². The van der Waals surface area contributed by atoms with Crippen LogP contribution in [0.25, 0.3) is 0 Å². The van der Waals surface area contributed by atoms with Crippen LogP contribution >= 0.6 is 11.3 Å². The summed E-state index contributed by atoms with van der Waals surface area (Å²) in [6, 6.07) is 18.3. The van der Waals surface area contributed by atoms with Gasteiger partial charge in [-0.25, -0.2) is 0 Å². The lowest BCUT2D eigenvalue weighted by Gasteiger charge is -2.41. The Hall–Kier alpha value is -3.16. The fraction of sp³-hybridized carbons (Fsp3) is 0.419. The Labute approximate surface area is 229 Å². The van der Waals surface area contributed by atoms with E-state index in [1.165, 1.54) is 21.6 Å². The van der Waals surface area contributed by atoms with E-state index in [1.807, 2.05) is 45.4 Å². The molecule has 2 amide bonds. The molecule has 0 spiro atoms. The average molecular weight is 532 g/mol. The molecule has 1 aromatic heterocycles. The summed E-state index contributed by atoms with van der Waals surface area (Å²) in [4.78, 5) is 34.6. The molecular weight excluding hydrogens is 494 g/mol. The molecule has 0 radical (unpaired) electrons. The normalized spacial score (nSPS) is 19.0. The third kappa shape index (κ3) is 5.49. The van der Waals surface area contributed by atoms with Crippen molar-refractivity contribution in [2.75, 3.05) is 39.8 Å². The molecule has 0 aliphatic carbocycles. The van der Waals surface area contributed by atoms with Crippen LogP contribution in [0, 0.1) is 6.92 Å². The third-order valence-electron chi connectivity index (χ3n) is 8.02. The van der Waals surface area contributed by atoms with E-state index in [0.29, 0.717) is 32.6 Å². The fourth-order valence-electron chi connectivity index (χ4n) is 5.82. The van der Waals surface area contributed by atoms with E-state index in [1.54, 1.807) is 7.11 Å². The Bertz CT molecular complexity index is 1270. The summed E-state index contributed by atoms with van der Waals surface area (Å²) < 4.78 is 5.22. The number of carbonyl (C=O) groups excluding carboxylic acids is 2. The topological polar surface area (TPSA) is 53.1 Å². The predicted octanol–water partition coefficient (Wildman–Crippen LogP) is 4.70. The zero-order valence-corrected chi connectivity index (χ0v) is 23.4. The Balaban J connectivity index is 1.26. The Morgan fingerprint density at radius 3 is 2.45 bits per heavy atom. The van der Waals surface area contributed by atoms with E-state index in [9.17, 15) is 9.59 Å². The maximum absolute atomic E-state index is 13.9. The molecule has 1 fully saturated rings. The number of hydrogen-bond donors (Lipinski definition) is 0. The van der Waals surface area contributed by atoms with Gasteiger partial charge in [-0.3, -0.25) is 14.5 Å². The van der Waals surface area contributed by atoms with E-state index >= 15 is 0 Å². The summed E-state index contributed by atoms with van der Waals surface area (Å²) in [6.07, 6.45) is 2.13. The van der Waals surface area contributed by atoms with Gasteiger partial charge in [-0.15, -0.1) is 11.3 Å². The molecule has 3 aromatic rings. The monoisotopic (exact) mass is 531 g/mol. The first-order valence-electron chi connectivity index (χ1n) is 13.5. The number of amides is 2. The van der Waals surface area contributed by atoms with E-state index in [4.69, 9.17) is 4.74 Å². The van der Waals surface area contributed by atoms with Crippen molar-refractivity contribution in [1.29, 1.82) is 0 Å². The minimum Gasteiger partial charge on any atom is -0.497 e. The van der Waals surface area contributed by atoms with Gasteiger partial charge in [0.25, 0.3) is 0 Å². The fourth-order valence-corrected chi connectivity index (χ4v) is 6.72. The molecule has 6 nitrogen and oxygen atoms in total. The van der Waals surface area contributed by atoms with Crippen molar-refractivity contribution in [3.05, 3.63) is 87.1 Å². The van der Waals surface area contributed by atoms with Gasteiger partial charge in [0.05, 0.1) is 25.6 Å². The standard InChI is InChI=1S/C31H37N3O3S/c1-22-7-4-5-8-26(22)30-27-14-20-38-28(27)13-17-34(30)23(2)31(36)33-16-6-15-32(18-19-33)29(35)21-24-9-11-25(37-3)12-10-24/h4-5,7-12,14,20,23,30H,6,13,15-19,21H2,1-3H3/t23-,30-/m1/s1. The number of hydrogen-bond acceptors (Lipinski definition) is 5. The van der Waals surface area contributed by atoms with E-state index < -0.39 is 0 Å². The van der Waals surface area contributed by atoms with Crippen LogP contribution in [0.3, 0.4) is 0 Å². The van der Waals surface area contributed by atoms with E-state index in [-0.39, 0.29) is 23.9 Å². The van der Waals surface area contributed by atoms with Gasteiger partial charge in [-0.2, -0.15) is 0 Å². The number of thiophene rings is 1. The number of nitrogens with zero attached hydrogens (tertiary/aromatic N) is 3. The van der Waals surface area contributed by atoms with Crippen LogP contribution in [-0.2, 0) is 22.4 Å². The van der Waals surface area contributed by atoms with Crippen molar-refractivity contribution < 1.29 is 14.3 Å². The summed E-state index contributed by atoms with van der Waals surface area (Å²) in [5.41, 5.74) is 4.84. The Morgan fingerprint density at radius 1 is 0.947 bits per heavy atom. The lowest BCUT2D eigenvalue weighted by atomic mass is 9.89. The highest BCUT2D eigenvalue weighted by Crippen LogP contribution is 2.40. The van der Waals surface area contributed by atoms with Crippen LogP contribution in [0.1, 0.15) is 46.5 Å². The molecule has 2 aliphatic rings. The van der Waals surface area contributed by atoms with Gasteiger partial charge in [-0.1, -0.05) is 36.4 Å². The van der Waals surface area contributed by atoms with Crippen molar-refractivity contribution in [3.63, 3.8) is 0 Å². The molecule has 200 valence electrons. The molecule has 38 heavy (non-hydrogen) atoms. The molecule has 2 aromatic carbocycles. The summed E-state index contributed by atoms with van der Waals surface area (Å²) in [5, 5.41) is 2.18. The molecular formula is C31H37N3O3S. The molecule has 5 rings (SSSR count). The second-order valence-electron chi connectivity index (χ2n) is 10.3. The highest BCUT2D eigenvalue weighted by molar-refractivity contribution is 7.10. The lowest BCUT2D eigenvalue weighted by molar-refractivity contribution is -0.138. The van der Waals surface area contributed by atoms with Crippen molar-refractivity contribution in [2.24, 2.45) is 0 Å². The molecule has 1 saturated heterocycles. The summed E-state index contributed by atoms with van der Waals surface area (Å²) in [5.74, 6) is 1.05. The molecule has 2 aliphatic heterocycles. The Morgan fingerprint density at radius 2 is 1.68 bits per heavy atom. The van der Waals surface area contributed by atoms with Crippen molar-refractivity contribution in [2.45, 2.75) is 45.2 Å². The lowest BCUT2D eigenvalue weighted by Crippen LogP contribution is -2.51. The number of fused-ring (bicyclic) bond motifs is 1. The van der Waals surface area contributed by atoms with Gasteiger partial charge in [0.15, 0.2) is 0 Å². The smallest absolute Gasteiger partial charge is 0.239 e. The van der Waals surface area contributed by atoms with Crippen LogP contribution in [-0.4, -0.2) is 72.4 Å². The van der Waals surface area contributed by atoms with E-state index in [2.05, 4.69) is 54.5 Å². The summed E-state index contributed by atoms with van der Waals surface area (Å²) >= 11 is 1.82. The minimum absolute atomic E-state index is 0.0831. The summed E-state index contributed by atoms with van der Waals surface area (Å²) in [7, 11) is 1.64. The SMILES string of the molecule is COc1ccc(CC(=O)N2CCCN(C(=O)[C@@H](C)N3CCc4sccc4[C@H]3c3ccccc3C)CC2)cc1.